The molecule has 2 rings (SSSR count). The number of aliphatic hydroxyl groups excluding tert-OH is 1. The molecule has 0 aliphatic rings. The number of rotatable bonds is 6. The summed E-state index contributed by atoms with van der Waals surface area (Å²) >= 11 is 0. The normalized spacial score (nSPS) is 12.0. The lowest BCUT2D eigenvalue weighted by Crippen LogP contribution is -2.21. The van der Waals surface area contributed by atoms with Gasteiger partial charge in [0.25, 0.3) is 0 Å². The molecule has 3 heteroatoms. The third-order valence-corrected chi connectivity index (χ3v) is 3.48. The first-order valence-electron chi connectivity index (χ1n) is 7.31. The smallest absolute Gasteiger partial charge is 0.337 e. The van der Waals surface area contributed by atoms with Crippen molar-refractivity contribution >= 4 is 5.97 Å². The van der Waals surface area contributed by atoms with Crippen molar-refractivity contribution in [3.63, 3.8) is 0 Å². The molecule has 0 unspecified atom stereocenters. The van der Waals surface area contributed by atoms with E-state index in [2.05, 4.69) is 6.58 Å². The molecule has 0 bridgehead atoms. The molecule has 0 aliphatic heterocycles. The van der Waals surface area contributed by atoms with Crippen LogP contribution >= 0.6 is 0 Å². The Kier molecular flexibility index (Phi) is 5.50. The number of esters is 1. The first-order chi connectivity index (χ1) is 10.6. The van der Waals surface area contributed by atoms with Crippen molar-refractivity contribution in [2.45, 2.75) is 25.6 Å². The molecule has 22 heavy (non-hydrogen) atoms. The molecule has 2 aromatic carbocycles. The third-order valence-electron chi connectivity index (χ3n) is 3.48. The standard InChI is InChI=1S/C19H20O3/c1-3-17(20)14(2)19(21)22-18(15-10-6-4-7-11-15)16-12-8-5-9-13-16/h4-13,17-18,20H,2-3H2,1H3/t17-/m1/s1. The summed E-state index contributed by atoms with van der Waals surface area (Å²) in [6, 6.07) is 19.0. The largest absolute Gasteiger partial charge is 0.449 e. The van der Waals surface area contributed by atoms with E-state index in [9.17, 15) is 9.90 Å². The van der Waals surface area contributed by atoms with E-state index in [0.717, 1.165) is 11.1 Å². The summed E-state index contributed by atoms with van der Waals surface area (Å²) in [6.45, 7) is 5.43. The van der Waals surface area contributed by atoms with Crippen LogP contribution in [0.4, 0.5) is 0 Å². The van der Waals surface area contributed by atoms with Gasteiger partial charge in [0.15, 0.2) is 6.10 Å². The van der Waals surface area contributed by atoms with E-state index in [1.165, 1.54) is 0 Å². The highest BCUT2D eigenvalue weighted by Crippen LogP contribution is 2.27. The first-order valence-corrected chi connectivity index (χ1v) is 7.31. The van der Waals surface area contributed by atoms with Gasteiger partial charge >= 0.3 is 5.97 Å². The average molecular weight is 296 g/mol. The van der Waals surface area contributed by atoms with E-state index in [1.54, 1.807) is 6.92 Å². The highest BCUT2D eigenvalue weighted by molar-refractivity contribution is 5.89. The minimum absolute atomic E-state index is 0.0827. The first kappa shape index (κ1) is 16.0. The van der Waals surface area contributed by atoms with Gasteiger partial charge in [0.1, 0.15) is 0 Å². The van der Waals surface area contributed by atoms with Crippen molar-refractivity contribution in [1.29, 1.82) is 0 Å². The molecular formula is C19H20O3. The number of aliphatic hydroxyl groups is 1. The maximum absolute atomic E-state index is 12.2. The van der Waals surface area contributed by atoms with Crippen LogP contribution in [0.2, 0.25) is 0 Å². The number of ether oxygens (including phenoxy) is 1. The second-order valence-electron chi connectivity index (χ2n) is 5.06. The summed E-state index contributed by atoms with van der Waals surface area (Å²) in [4.78, 5) is 12.2. The second kappa shape index (κ2) is 7.57. The van der Waals surface area contributed by atoms with Crippen molar-refractivity contribution in [3.8, 4) is 0 Å². The zero-order chi connectivity index (χ0) is 15.9. The molecule has 0 aromatic heterocycles. The minimum Gasteiger partial charge on any atom is -0.449 e. The molecule has 0 amide bonds. The monoisotopic (exact) mass is 296 g/mol. The summed E-state index contributed by atoms with van der Waals surface area (Å²) < 4.78 is 5.61. The average Bonchev–Trinajstić information content (AvgIpc) is 2.59. The van der Waals surface area contributed by atoms with E-state index in [1.807, 2.05) is 60.7 Å². The number of carbonyl (C=O) groups excluding carboxylic acids is 1. The SMILES string of the molecule is C=C(C(=O)OC(c1ccccc1)c1ccccc1)[C@H](O)CC. The summed E-state index contributed by atoms with van der Waals surface area (Å²) in [5, 5.41) is 9.75. The van der Waals surface area contributed by atoms with Crippen LogP contribution in [-0.2, 0) is 9.53 Å². The Hall–Kier alpha value is -2.39. The lowest BCUT2D eigenvalue weighted by Gasteiger charge is -2.20. The van der Waals surface area contributed by atoms with E-state index in [0.29, 0.717) is 6.42 Å². The van der Waals surface area contributed by atoms with Crippen molar-refractivity contribution in [2.24, 2.45) is 0 Å². The molecule has 0 spiro atoms. The lowest BCUT2D eigenvalue weighted by atomic mass is 10.0. The fourth-order valence-corrected chi connectivity index (χ4v) is 2.15. The van der Waals surface area contributed by atoms with Gasteiger partial charge in [-0.05, 0) is 17.5 Å². The predicted molar refractivity (Wildman–Crippen MR) is 86.3 cm³/mol. The van der Waals surface area contributed by atoms with Crippen LogP contribution in [0.25, 0.3) is 0 Å². The van der Waals surface area contributed by atoms with E-state index >= 15 is 0 Å². The van der Waals surface area contributed by atoms with Crippen molar-refractivity contribution in [2.75, 3.05) is 0 Å². The van der Waals surface area contributed by atoms with Gasteiger partial charge in [0, 0.05) is 0 Å². The Morgan fingerprint density at radius 1 is 1.05 bits per heavy atom. The number of benzene rings is 2. The Morgan fingerprint density at radius 3 is 1.91 bits per heavy atom. The molecule has 0 saturated carbocycles. The summed E-state index contributed by atoms with van der Waals surface area (Å²) in [6.07, 6.45) is -0.967. The van der Waals surface area contributed by atoms with Crippen LogP contribution < -0.4 is 0 Å². The van der Waals surface area contributed by atoms with Crippen LogP contribution in [0.3, 0.4) is 0 Å². The van der Waals surface area contributed by atoms with Gasteiger partial charge in [-0.25, -0.2) is 4.79 Å². The van der Waals surface area contributed by atoms with Crippen molar-refractivity contribution in [1.82, 2.24) is 0 Å². The van der Waals surface area contributed by atoms with Gasteiger partial charge in [0.05, 0.1) is 11.7 Å². The van der Waals surface area contributed by atoms with E-state index < -0.39 is 18.2 Å². The Morgan fingerprint density at radius 2 is 1.50 bits per heavy atom. The maximum atomic E-state index is 12.2. The Labute approximate surface area is 130 Å². The molecule has 1 atom stereocenters. The fraction of sp³-hybridized carbons (Fsp3) is 0.211. The van der Waals surface area contributed by atoms with E-state index in [4.69, 9.17) is 4.74 Å². The zero-order valence-corrected chi connectivity index (χ0v) is 12.6. The van der Waals surface area contributed by atoms with Crippen LogP contribution in [-0.4, -0.2) is 17.2 Å². The van der Waals surface area contributed by atoms with Gasteiger partial charge in [-0.3, -0.25) is 0 Å². The highest BCUT2D eigenvalue weighted by Gasteiger charge is 2.23. The Balaban J connectivity index is 2.27. The molecule has 0 radical (unpaired) electrons. The van der Waals surface area contributed by atoms with E-state index in [-0.39, 0.29) is 5.57 Å². The van der Waals surface area contributed by atoms with Crippen molar-refractivity contribution in [3.05, 3.63) is 83.9 Å². The second-order valence-corrected chi connectivity index (χ2v) is 5.06. The van der Waals surface area contributed by atoms with Gasteiger partial charge < -0.3 is 9.84 Å². The predicted octanol–water partition coefficient (Wildman–Crippen LogP) is 3.65. The molecule has 2 aromatic rings. The molecule has 114 valence electrons. The van der Waals surface area contributed by atoms with Crippen LogP contribution in [0.5, 0.6) is 0 Å². The summed E-state index contributed by atoms with van der Waals surface area (Å²) in [5.74, 6) is -0.577. The Bertz CT molecular complexity index is 580. The molecule has 1 N–H and O–H groups in total. The molecule has 0 fully saturated rings. The van der Waals surface area contributed by atoms with Gasteiger partial charge in [0.2, 0.25) is 0 Å². The summed E-state index contributed by atoms with van der Waals surface area (Å²) in [7, 11) is 0. The lowest BCUT2D eigenvalue weighted by molar-refractivity contribution is -0.144. The fourth-order valence-electron chi connectivity index (χ4n) is 2.15. The van der Waals surface area contributed by atoms with Gasteiger partial charge in [-0.15, -0.1) is 0 Å². The number of carbonyl (C=O) groups is 1. The quantitative estimate of drug-likeness (QED) is 0.654. The molecule has 0 heterocycles. The topological polar surface area (TPSA) is 46.5 Å². The maximum Gasteiger partial charge on any atom is 0.337 e. The molecular weight excluding hydrogens is 276 g/mol. The van der Waals surface area contributed by atoms with Crippen LogP contribution in [0.1, 0.15) is 30.6 Å². The highest BCUT2D eigenvalue weighted by atomic mass is 16.5. The minimum atomic E-state index is -0.875. The molecule has 0 aliphatic carbocycles. The molecule has 0 saturated heterocycles. The van der Waals surface area contributed by atoms with Crippen LogP contribution in [0.15, 0.2) is 72.8 Å². The van der Waals surface area contributed by atoms with Crippen LogP contribution in [0, 0.1) is 0 Å². The third kappa shape index (κ3) is 3.83. The zero-order valence-electron chi connectivity index (χ0n) is 12.6. The van der Waals surface area contributed by atoms with Gasteiger partial charge in [-0.2, -0.15) is 0 Å². The number of hydrogen-bond acceptors (Lipinski definition) is 3. The molecule has 3 nitrogen and oxygen atoms in total. The summed E-state index contributed by atoms with van der Waals surface area (Å²) in [5.41, 5.74) is 1.83. The van der Waals surface area contributed by atoms with Crippen molar-refractivity contribution < 1.29 is 14.6 Å². The number of hydrogen-bond donors (Lipinski definition) is 1. The van der Waals surface area contributed by atoms with Gasteiger partial charge in [-0.1, -0.05) is 74.2 Å².